The van der Waals surface area contributed by atoms with Crippen LogP contribution < -0.4 is 10.6 Å². The summed E-state index contributed by atoms with van der Waals surface area (Å²) in [7, 11) is 0. The normalized spacial score (nSPS) is 19.6. The summed E-state index contributed by atoms with van der Waals surface area (Å²) in [5.41, 5.74) is 3.31. The molecule has 1 aliphatic rings. The van der Waals surface area contributed by atoms with Gasteiger partial charge in [0, 0.05) is 23.2 Å². The Morgan fingerprint density at radius 2 is 1.12 bits per heavy atom. The number of rotatable bonds is 4. The maximum absolute atomic E-state index is 12.7. The van der Waals surface area contributed by atoms with Crippen molar-refractivity contribution in [1.82, 2.24) is 10.6 Å². The molecule has 26 heavy (non-hydrogen) atoms. The van der Waals surface area contributed by atoms with E-state index in [1.807, 2.05) is 62.4 Å². The minimum absolute atomic E-state index is 0.0381. The summed E-state index contributed by atoms with van der Waals surface area (Å²) in [6.07, 6.45) is 3.90. The predicted octanol–water partition coefficient (Wildman–Crippen LogP) is 3.77. The van der Waals surface area contributed by atoms with Crippen molar-refractivity contribution in [1.29, 1.82) is 0 Å². The topological polar surface area (TPSA) is 58.2 Å². The molecule has 1 fully saturated rings. The molecule has 2 atom stereocenters. The first kappa shape index (κ1) is 18.2. The molecule has 1 saturated carbocycles. The summed E-state index contributed by atoms with van der Waals surface area (Å²) in [6, 6.07) is 15.1. The molecule has 3 rings (SSSR count). The summed E-state index contributed by atoms with van der Waals surface area (Å²) >= 11 is 0. The average molecular weight is 350 g/mol. The number of amides is 2. The minimum Gasteiger partial charge on any atom is -0.347 e. The van der Waals surface area contributed by atoms with Crippen LogP contribution in [0.4, 0.5) is 0 Å². The lowest BCUT2D eigenvalue weighted by molar-refractivity contribution is 0.0862. The molecule has 2 aromatic carbocycles. The molecule has 136 valence electrons. The van der Waals surface area contributed by atoms with Crippen molar-refractivity contribution in [3.63, 3.8) is 0 Å². The number of hydrogen-bond donors (Lipinski definition) is 2. The molecule has 0 aromatic heterocycles. The van der Waals surface area contributed by atoms with Crippen molar-refractivity contribution in [2.45, 2.75) is 51.6 Å². The zero-order valence-corrected chi connectivity index (χ0v) is 15.4. The van der Waals surface area contributed by atoms with Gasteiger partial charge in [-0.15, -0.1) is 0 Å². The van der Waals surface area contributed by atoms with Gasteiger partial charge in [-0.3, -0.25) is 9.59 Å². The lowest BCUT2D eigenvalue weighted by atomic mass is 9.89. The van der Waals surface area contributed by atoms with Crippen LogP contribution in [0, 0.1) is 13.8 Å². The van der Waals surface area contributed by atoms with Crippen LogP contribution in [-0.2, 0) is 0 Å². The summed E-state index contributed by atoms with van der Waals surface area (Å²) in [5, 5.41) is 6.29. The van der Waals surface area contributed by atoms with Gasteiger partial charge in [-0.1, -0.05) is 49.2 Å². The van der Waals surface area contributed by atoms with Crippen molar-refractivity contribution in [3.8, 4) is 0 Å². The van der Waals surface area contributed by atoms with Gasteiger partial charge in [0.15, 0.2) is 0 Å². The van der Waals surface area contributed by atoms with E-state index in [-0.39, 0.29) is 23.9 Å². The molecule has 0 heterocycles. The van der Waals surface area contributed by atoms with Gasteiger partial charge in [0.25, 0.3) is 11.8 Å². The van der Waals surface area contributed by atoms with Crippen LogP contribution in [0.3, 0.4) is 0 Å². The second-order valence-corrected chi connectivity index (χ2v) is 7.07. The molecule has 4 nitrogen and oxygen atoms in total. The Bertz CT molecular complexity index is 733. The molecule has 0 saturated heterocycles. The van der Waals surface area contributed by atoms with E-state index in [4.69, 9.17) is 0 Å². The SMILES string of the molecule is Cc1ccccc1C(=O)NC1CCCCC1NC(=O)c1ccccc1C. The fraction of sp³-hybridized carbons (Fsp3) is 0.364. The molecule has 0 radical (unpaired) electrons. The highest BCUT2D eigenvalue weighted by Gasteiger charge is 2.28. The number of carbonyl (C=O) groups excluding carboxylic acids is 2. The Morgan fingerprint density at radius 1 is 0.731 bits per heavy atom. The highest BCUT2D eigenvalue weighted by atomic mass is 16.2. The zero-order chi connectivity index (χ0) is 18.5. The fourth-order valence-corrected chi connectivity index (χ4v) is 3.62. The van der Waals surface area contributed by atoms with Gasteiger partial charge in [0.2, 0.25) is 0 Å². The first-order valence-corrected chi connectivity index (χ1v) is 9.29. The molecular formula is C22H26N2O2. The Morgan fingerprint density at radius 3 is 1.50 bits per heavy atom. The average Bonchev–Trinajstić information content (AvgIpc) is 2.64. The van der Waals surface area contributed by atoms with E-state index in [0.717, 1.165) is 36.8 Å². The number of hydrogen-bond acceptors (Lipinski definition) is 2. The highest BCUT2D eigenvalue weighted by Crippen LogP contribution is 2.20. The van der Waals surface area contributed by atoms with E-state index >= 15 is 0 Å². The van der Waals surface area contributed by atoms with Crippen molar-refractivity contribution in [2.75, 3.05) is 0 Å². The second-order valence-electron chi connectivity index (χ2n) is 7.07. The standard InChI is InChI=1S/C22H26N2O2/c1-15-9-3-5-11-17(15)21(25)23-19-13-7-8-14-20(19)24-22(26)18-12-6-4-10-16(18)2/h3-6,9-12,19-20H,7-8,13-14H2,1-2H3,(H,23,25)(H,24,26). The Labute approximate surface area is 155 Å². The zero-order valence-electron chi connectivity index (χ0n) is 15.4. The molecule has 2 N–H and O–H groups in total. The van der Waals surface area contributed by atoms with E-state index in [2.05, 4.69) is 10.6 Å². The van der Waals surface area contributed by atoms with Crippen molar-refractivity contribution in [3.05, 3.63) is 70.8 Å². The number of aryl methyl sites for hydroxylation is 2. The lowest BCUT2D eigenvalue weighted by Crippen LogP contribution is -2.53. The first-order chi connectivity index (χ1) is 12.6. The van der Waals surface area contributed by atoms with Crippen LogP contribution in [0.1, 0.15) is 57.5 Å². The van der Waals surface area contributed by atoms with Gasteiger partial charge in [-0.25, -0.2) is 0 Å². The van der Waals surface area contributed by atoms with Gasteiger partial charge in [-0.2, -0.15) is 0 Å². The lowest BCUT2D eigenvalue weighted by Gasteiger charge is -2.33. The van der Waals surface area contributed by atoms with Crippen LogP contribution in [0.25, 0.3) is 0 Å². The van der Waals surface area contributed by atoms with E-state index < -0.39 is 0 Å². The van der Waals surface area contributed by atoms with Crippen LogP contribution in [0.5, 0.6) is 0 Å². The predicted molar refractivity (Wildman–Crippen MR) is 103 cm³/mol. The van der Waals surface area contributed by atoms with Crippen LogP contribution in [-0.4, -0.2) is 23.9 Å². The van der Waals surface area contributed by atoms with Crippen LogP contribution in [0.2, 0.25) is 0 Å². The number of carbonyl (C=O) groups is 2. The smallest absolute Gasteiger partial charge is 0.251 e. The summed E-state index contributed by atoms with van der Waals surface area (Å²) in [5.74, 6) is -0.129. The van der Waals surface area contributed by atoms with Crippen LogP contribution in [0.15, 0.2) is 48.5 Å². The minimum atomic E-state index is -0.0647. The molecule has 0 bridgehead atoms. The van der Waals surface area contributed by atoms with E-state index in [0.29, 0.717) is 11.1 Å². The van der Waals surface area contributed by atoms with Crippen molar-refractivity contribution >= 4 is 11.8 Å². The van der Waals surface area contributed by atoms with E-state index in [1.54, 1.807) is 0 Å². The van der Waals surface area contributed by atoms with Gasteiger partial charge in [0.1, 0.15) is 0 Å². The van der Waals surface area contributed by atoms with Crippen molar-refractivity contribution in [2.24, 2.45) is 0 Å². The fourth-order valence-electron chi connectivity index (χ4n) is 3.62. The van der Waals surface area contributed by atoms with Gasteiger partial charge in [0.05, 0.1) is 0 Å². The van der Waals surface area contributed by atoms with Gasteiger partial charge >= 0.3 is 0 Å². The third-order valence-corrected chi connectivity index (χ3v) is 5.18. The van der Waals surface area contributed by atoms with Crippen LogP contribution >= 0.6 is 0 Å². The van der Waals surface area contributed by atoms with Gasteiger partial charge < -0.3 is 10.6 Å². The maximum Gasteiger partial charge on any atom is 0.251 e. The van der Waals surface area contributed by atoms with Gasteiger partial charge in [-0.05, 0) is 49.9 Å². The molecule has 2 aromatic rings. The molecule has 0 aliphatic heterocycles. The summed E-state index contributed by atoms with van der Waals surface area (Å²) < 4.78 is 0. The third kappa shape index (κ3) is 4.13. The quantitative estimate of drug-likeness (QED) is 0.882. The molecule has 4 heteroatoms. The van der Waals surface area contributed by atoms with E-state index in [1.165, 1.54) is 0 Å². The van der Waals surface area contributed by atoms with E-state index in [9.17, 15) is 9.59 Å². The Balaban J connectivity index is 1.70. The first-order valence-electron chi connectivity index (χ1n) is 9.29. The Kier molecular flexibility index (Phi) is 5.71. The number of benzene rings is 2. The van der Waals surface area contributed by atoms with Crippen molar-refractivity contribution < 1.29 is 9.59 Å². The molecule has 1 aliphatic carbocycles. The second kappa shape index (κ2) is 8.17. The monoisotopic (exact) mass is 350 g/mol. The summed E-state index contributed by atoms with van der Waals surface area (Å²) in [4.78, 5) is 25.3. The molecule has 2 unspecified atom stereocenters. The molecule has 2 amide bonds. The third-order valence-electron chi connectivity index (χ3n) is 5.18. The largest absolute Gasteiger partial charge is 0.347 e. The highest BCUT2D eigenvalue weighted by molar-refractivity contribution is 5.97. The maximum atomic E-state index is 12.7. The molecular weight excluding hydrogens is 324 g/mol. The Hall–Kier alpha value is -2.62. The molecule has 0 spiro atoms. The summed E-state index contributed by atoms with van der Waals surface area (Å²) in [6.45, 7) is 3.88. The number of nitrogens with one attached hydrogen (secondary N) is 2.